The quantitative estimate of drug-likeness (QED) is 0.752. The van der Waals surface area contributed by atoms with Gasteiger partial charge < -0.3 is 15.7 Å². The minimum absolute atomic E-state index is 0.414. The van der Waals surface area contributed by atoms with Crippen LogP contribution < -0.4 is 10.6 Å². The summed E-state index contributed by atoms with van der Waals surface area (Å²) in [5, 5.41) is 16.7. The molecule has 0 radical (unpaired) electrons. The molecule has 1 aliphatic rings. The fraction of sp³-hybridized carbons (Fsp3) is 0.571. The molecule has 94 valence electrons. The molecule has 2 atom stereocenters. The molecule has 1 aromatic rings. The van der Waals surface area contributed by atoms with Crippen LogP contribution in [-0.2, 0) is 0 Å². The molecular weight excluding hydrogens is 212 g/mol. The maximum absolute atomic E-state index is 9.74. The highest BCUT2D eigenvalue weighted by atomic mass is 16.3. The maximum atomic E-state index is 9.74. The van der Waals surface area contributed by atoms with E-state index in [2.05, 4.69) is 16.7 Å². The van der Waals surface area contributed by atoms with Gasteiger partial charge in [-0.3, -0.25) is 0 Å². The van der Waals surface area contributed by atoms with E-state index in [9.17, 15) is 5.11 Å². The Morgan fingerprint density at radius 3 is 2.94 bits per heavy atom. The van der Waals surface area contributed by atoms with Crippen LogP contribution in [0.5, 0.6) is 0 Å². The number of hydrogen-bond acceptors (Lipinski definition) is 3. The second-order valence-electron chi connectivity index (χ2n) is 4.79. The molecule has 17 heavy (non-hydrogen) atoms. The first kappa shape index (κ1) is 12.4. The van der Waals surface area contributed by atoms with E-state index in [1.807, 2.05) is 25.1 Å². The Kier molecular flexibility index (Phi) is 4.40. The highest BCUT2D eigenvalue weighted by Gasteiger charge is 2.14. The van der Waals surface area contributed by atoms with Crippen molar-refractivity contribution >= 4 is 5.69 Å². The van der Waals surface area contributed by atoms with Gasteiger partial charge in [0.25, 0.3) is 0 Å². The maximum Gasteiger partial charge on any atom is 0.0781 e. The van der Waals surface area contributed by atoms with Crippen LogP contribution >= 0.6 is 0 Å². The molecule has 2 rings (SSSR count). The summed E-state index contributed by atoms with van der Waals surface area (Å²) in [6.07, 6.45) is 3.15. The number of anilines is 1. The van der Waals surface area contributed by atoms with E-state index < -0.39 is 6.10 Å². The highest BCUT2D eigenvalue weighted by molar-refractivity contribution is 5.52. The Hall–Kier alpha value is -1.06. The van der Waals surface area contributed by atoms with Crippen molar-refractivity contribution in [2.75, 3.05) is 18.4 Å². The molecule has 0 saturated carbocycles. The number of rotatable bonds is 3. The van der Waals surface area contributed by atoms with Crippen LogP contribution in [0.4, 0.5) is 5.69 Å². The Bertz CT molecular complexity index is 344. The van der Waals surface area contributed by atoms with Crippen molar-refractivity contribution < 1.29 is 5.11 Å². The van der Waals surface area contributed by atoms with Gasteiger partial charge in [0, 0.05) is 17.3 Å². The summed E-state index contributed by atoms with van der Waals surface area (Å²) in [6, 6.07) is 8.55. The fourth-order valence-electron chi connectivity index (χ4n) is 2.38. The molecule has 1 aliphatic heterocycles. The summed E-state index contributed by atoms with van der Waals surface area (Å²) in [5.41, 5.74) is 2.07. The Balaban J connectivity index is 2.06. The van der Waals surface area contributed by atoms with Crippen LogP contribution in [0, 0.1) is 0 Å². The van der Waals surface area contributed by atoms with Gasteiger partial charge in [0.1, 0.15) is 0 Å². The highest BCUT2D eigenvalue weighted by Crippen LogP contribution is 2.24. The smallest absolute Gasteiger partial charge is 0.0781 e. The van der Waals surface area contributed by atoms with Crippen molar-refractivity contribution in [2.24, 2.45) is 0 Å². The fourth-order valence-corrected chi connectivity index (χ4v) is 2.38. The molecule has 1 aromatic carbocycles. The van der Waals surface area contributed by atoms with E-state index >= 15 is 0 Å². The van der Waals surface area contributed by atoms with E-state index in [0.717, 1.165) is 30.8 Å². The van der Waals surface area contributed by atoms with E-state index in [0.29, 0.717) is 6.04 Å². The van der Waals surface area contributed by atoms with Gasteiger partial charge in [-0.15, -0.1) is 0 Å². The SMILES string of the molecule is CC(O)c1ccccc1NC1CCCNCC1. The van der Waals surface area contributed by atoms with Crippen LogP contribution in [0.2, 0.25) is 0 Å². The van der Waals surface area contributed by atoms with Crippen molar-refractivity contribution in [2.45, 2.75) is 38.3 Å². The van der Waals surface area contributed by atoms with Crippen LogP contribution in [0.1, 0.15) is 37.9 Å². The van der Waals surface area contributed by atoms with Crippen LogP contribution in [-0.4, -0.2) is 24.2 Å². The van der Waals surface area contributed by atoms with Gasteiger partial charge in [-0.2, -0.15) is 0 Å². The van der Waals surface area contributed by atoms with Gasteiger partial charge >= 0.3 is 0 Å². The van der Waals surface area contributed by atoms with Crippen molar-refractivity contribution in [1.82, 2.24) is 5.32 Å². The van der Waals surface area contributed by atoms with Crippen LogP contribution in [0.15, 0.2) is 24.3 Å². The molecule has 3 nitrogen and oxygen atoms in total. The summed E-state index contributed by atoms with van der Waals surface area (Å²) in [6.45, 7) is 4.01. The third-order valence-electron chi connectivity index (χ3n) is 3.35. The van der Waals surface area contributed by atoms with Gasteiger partial charge in [-0.25, -0.2) is 0 Å². The van der Waals surface area contributed by atoms with Crippen LogP contribution in [0.3, 0.4) is 0 Å². The lowest BCUT2D eigenvalue weighted by Crippen LogP contribution is -2.22. The summed E-state index contributed by atoms with van der Waals surface area (Å²) in [4.78, 5) is 0. The van der Waals surface area contributed by atoms with Crippen LogP contribution in [0.25, 0.3) is 0 Å². The zero-order valence-corrected chi connectivity index (χ0v) is 10.4. The van der Waals surface area contributed by atoms with Crippen molar-refractivity contribution in [3.8, 4) is 0 Å². The monoisotopic (exact) mass is 234 g/mol. The average Bonchev–Trinajstić information content (AvgIpc) is 2.58. The Morgan fingerprint density at radius 1 is 1.29 bits per heavy atom. The number of para-hydroxylation sites is 1. The molecule has 0 amide bonds. The van der Waals surface area contributed by atoms with Gasteiger partial charge in [0.15, 0.2) is 0 Å². The minimum atomic E-state index is -0.414. The number of aliphatic hydroxyl groups is 1. The lowest BCUT2D eigenvalue weighted by atomic mass is 10.1. The molecule has 0 bridgehead atoms. The second kappa shape index (κ2) is 6.03. The van der Waals surface area contributed by atoms with Gasteiger partial charge in [0.2, 0.25) is 0 Å². The lowest BCUT2D eigenvalue weighted by Gasteiger charge is -2.20. The normalized spacial score (nSPS) is 22.8. The Labute approximate surface area is 103 Å². The van der Waals surface area contributed by atoms with E-state index in [-0.39, 0.29) is 0 Å². The summed E-state index contributed by atoms with van der Waals surface area (Å²) in [5.74, 6) is 0. The summed E-state index contributed by atoms with van der Waals surface area (Å²) in [7, 11) is 0. The lowest BCUT2D eigenvalue weighted by molar-refractivity contribution is 0.200. The molecular formula is C14H22N2O. The standard InChI is InChI=1S/C14H22N2O/c1-11(17)13-6-2-3-7-14(13)16-12-5-4-9-15-10-8-12/h2-3,6-7,11-12,15-17H,4-5,8-10H2,1H3. The molecule has 3 N–H and O–H groups in total. The van der Waals surface area contributed by atoms with Gasteiger partial charge in [0.05, 0.1) is 6.10 Å². The third kappa shape index (κ3) is 3.45. The van der Waals surface area contributed by atoms with Gasteiger partial charge in [-0.1, -0.05) is 18.2 Å². The molecule has 0 aromatic heterocycles. The molecule has 3 heteroatoms. The van der Waals surface area contributed by atoms with Crippen molar-refractivity contribution in [3.05, 3.63) is 29.8 Å². The predicted molar refractivity (Wildman–Crippen MR) is 71.2 cm³/mol. The summed E-state index contributed by atoms with van der Waals surface area (Å²) < 4.78 is 0. The third-order valence-corrected chi connectivity index (χ3v) is 3.35. The first-order valence-electron chi connectivity index (χ1n) is 6.51. The van der Waals surface area contributed by atoms with E-state index in [1.54, 1.807) is 0 Å². The largest absolute Gasteiger partial charge is 0.389 e. The number of benzene rings is 1. The molecule has 2 unspecified atom stereocenters. The summed E-state index contributed by atoms with van der Waals surface area (Å²) >= 11 is 0. The van der Waals surface area contributed by atoms with E-state index in [4.69, 9.17) is 0 Å². The molecule has 0 aliphatic carbocycles. The number of hydrogen-bond donors (Lipinski definition) is 3. The Morgan fingerprint density at radius 2 is 2.12 bits per heavy atom. The first-order chi connectivity index (χ1) is 8.27. The first-order valence-corrected chi connectivity index (χ1v) is 6.51. The molecule has 1 fully saturated rings. The topological polar surface area (TPSA) is 44.3 Å². The van der Waals surface area contributed by atoms with Gasteiger partial charge in [-0.05, 0) is 45.3 Å². The molecule has 1 saturated heterocycles. The zero-order valence-electron chi connectivity index (χ0n) is 10.4. The zero-order chi connectivity index (χ0) is 12.1. The second-order valence-corrected chi connectivity index (χ2v) is 4.79. The number of aliphatic hydroxyl groups excluding tert-OH is 1. The van der Waals surface area contributed by atoms with Crippen molar-refractivity contribution in [3.63, 3.8) is 0 Å². The average molecular weight is 234 g/mol. The van der Waals surface area contributed by atoms with Crippen molar-refractivity contribution in [1.29, 1.82) is 0 Å². The minimum Gasteiger partial charge on any atom is -0.389 e. The van der Waals surface area contributed by atoms with E-state index in [1.165, 1.54) is 12.8 Å². The predicted octanol–water partition coefficient (Wildman–Crippen LogP) is 2.29. The number of nitrogens with one attached hydrogen (secondary N) is 2. The molecule has 0 spiro atoms. The molecule has 1 heterocycles.